The Bertz CT molecular complexity index is 908. The van der Waals surface area contributed by atoms with E-state index in [1.165, 1.54) is 17.4 Å². The molecule has 0 radical (unpaired) electrons. The van der Waals surface area contributed by atoms with E-state index in [4.69, 9.17) is 9.47 Å². The molecule has 0 amide bonds. The lowest BCUT2D eigenvalue weighted by Gasteiger charge is -2.03. The Labute approximate surface area is 155 Å². The van der Waals surface area contributed by atoms with Crippen LogP contribution in [0.2, 0.25) is 0 Å². The van der Waals surface area contributed by atoms with Crippen LogP contribution >= 0.6 is 11.3 Å². The highest BCUT2D eigenvalue weighted by molar-refractivity contribution is 7.12. The molecule has 0 fully saturated rings. The number of carbonyl (C=O) groups is 2. The van der Waals surface area contributed by atoms with Crippen molar-refractivity contribution in [2.24, 2.45) is 0 Å². The van der Waals surface area contributed by atoms with Crippen molar-refractivity contribution in [3.8, 4) is 11.5 Å². The summed E-state index contributed by atoms with van der Waals surface area (Å²) in [7, 11) is 1.58. The number of ether oxygens (including phenoxy) is 2. The number of esters is 1. The molecule has 5 heteroatoms. The number of rotatable bonds is 6. The summed E-state index contributed by atoms with van der Waals surface area (Å²) in [5, 5.41) is 1.82. The maximum Gasteiger partial charge on any atom is 0.353 e. The molecule has 0 saturated heterocycles. The monoisotopic (exact) mass is 364 g/mol. The molecule has 0 N–H and O–H groups in total. The number of benzene rings is 2. The molecule has 1 aromatic heterocycles. The average molecular weight is 364 g/mol. The van der Waals surface area contributed by atoms with Gasteiger partial charge in [0.05, 0.1) is 7.11 Å². The highest BCUT2D eigenvalue weighted by Gasteiger charge is 2.09. The van der Waals surface area contributed by atoms with Crippen molar-refractivity contribution in [1.82, 2.24) is 0 Å². The van der Waals surface area contributed by atoms with Crippen molar-refractivity contribution in [3.05, 3.63) is 88.1 Å². The topological polar surface area (TPSA) is 52.6 Å². The third-order valence-electron chi connectivity index (χ3n) is 3.61. The van der Waals surface area contributed by atoms with Crippen LogP contribution in [0.5, 0.6) is 11.5 Å². The molecule has 1 heterocycles. The van der Waals surface area contributed by atoms with Gasteiger partial charge in [-0.25, -0.2) is 4.79 Å². The van der Waals surface area contributed by atoms with Gasteiger partial charge >= 0.3 is 5.97 Å². The Hall–Kier alpha value is -3.18. The molecule has 0 atom stereocenters. The second kappa shape index (κ2) is 8.27. The van der Waals surface area contributed by atoms with Crippen LogP contribution in [0.3, 0.4) is 0 Å². The van der Waals surface area contributed by atoms with Crippen molar-refractivity contribution in [2.45, 2.75) is 0 Å². The lowest BCUT2D eigenvalue weighted by Crippen LogP contribution is -2.05. The molecule has 0 aliphatic heterocycles. The third-order valence-corrected chi connectivity index (χ3v) is 4.46. The maximum absolute atomic E-state index is 12.2. The van der Waals surface area contributed by atoms with Crippen LogP contribution in [-0.4, -0.2) is 18.9 Å². The van der Waals surface area contributed by atoms with Crippen molar-refractivity contribution in [1.29, 1.82) is 0 Å². The fourth-order valence-corrected chi connectivity index (χ4v) is 2.82. The van der Waals surface area contributed by atoms with Gasteiger partial charge < -0.3 is 9.47 Å². The van der Waals surface area contributed by atoms with Crippen molar-refractivity contribution >= 4 is 29.2 Å². The number of hydrogen-bond acceptors (Lipinski definition) is 5. The van der Waals surface area contributed by atoms with Gasteiger partial charge in [-0.1, -0.05) is 24.3 Å². The highest BCUT2D eigenvalue weighted by atomic mass is 32.1. The van der Waals surface area contributed by atoms with E-state index in [0.717, 1.165) is 5.56 Å². The minimum atomic E-state index is -0.377. The van der Waals surface area contributed by atoms with Gasteiger partial charge in [-0.15, -0.1) is 11.3 Å². The van der Waals surface area contributed by atoms with E-state index in [1.807, 2.05) is 5.38 Å². The lowest BCUT2D eigenvalue weighted by atomic mass is 10.1. The van der Waals surface area contributed by atoms with Gasteiger partial charge in [-0.2, -0.15) is 0 Å². The van der Waals surface area contributed by atoms with E-state index >= 15 is 0 Å². The summed E-state index contributed by atoms with van der Waals surface area (Å²) in [6.07, 6.45) is 3.23. The lowest BCUT2D eigenvalue weighted by molar-refractivity contribution is 0.0739. The summed E-state index contributed by atoms with van der Waals surface area (Å²) in [4.78, 5) is 24.6. The largest absolute Gasteiger partial charge is 0.497 e. The van der Waals surface area contributed by atoms with Crippen LogP contribution in [-0.2, 0) is 0 Å². The molecule has 0 aliphatic rings. The Morgan fingerprint density at radius 2 is 1.62 bits per heavy atom. The molecular weight excluding hydrogens is 348 g/mol. The van der Waals surface area contributed by atoms with Gasteiger partial charge in [-0.3, -0.25) is 4.79 Å². The van der Waals surface area contributed by atoms with E-state index in [0.29, 0.717) is 21.9 Å². The summed E-state index contributed by atoms with van der Waals surface area (Å²) in [5.74, 6) is 0.694. The standard InChI is InChI=1S/C21H16O4S/c1-24-17-11-7-16(8-12-17)19(22)13-6-15-4-9-18(10-5-15)25-21(23)20-3-2-14-26-20/h2-14H,1H3/b13-6+. The fraction of sp³-hybridized carbons (Fsp3) is 0.0476. The summed E-state index contributed by atoms with van der Waals surface area (Å²) in [6.45, 7) is 0. The van der Waals surface area contributed by atoms with Gasteiger partial charge in [0.1, 0.15) is 16.4 Å². The van der Waals surface area contributed by atoms with Crippen LogP contribution in [0, 0.1) is 0 Å². The molecule has 26 heavy (non-hydrogen) atoms. The Morgan fingerprint density at radius 1 is 0.923 bits per heavy atom. The first kappa shape index (κ1) is 17.6. The minimum absolute atomic E-state index is 0.0964. The molecule has 0 spiro atoms. The zero-order chi connectivity index (χ0) is 18.4. The molecular formula is C21H16O4S. The quantitative estimate of drug-likeness (QED) is 0.271. The summed E-state index contributed by atoms with van der Waals surface area (Å²) in [6, 6.07) is 17.4. The molecule has 0 bridgehead atoms. The van der Waals surface area contributed by atoms with Crippen LogP contribution in [0.15, 0.2) is 72.1 Å². The van der Waals surface area contributed by atoms with Gasteiger partial charge in [0.25, 0.3) is 0 Å². The maximum atomic E-state index is 12.2. The second-order valence-corrected chi connectivity index (χ2v) is 6.31. The molecule has 0 aliphatic carbocycles. The van der Waals surface area contributed by atoms with E-state index < -0.39 is 0 Å². The second-order valence-electron chi connectivity index (χ2n) is 5.36. The van der Waals surface area contributed by atoms with E-state index in [9.17, 15) is 9.59 Å². The summed E-state index contributed by atoms with van der Waals surface area (Å²) in [5.41, 5.74) is 1.42. The zero-order valence-corrected chi connectivity index (χ0v) is 14.9. The average Bonchev–Trinajstić information content (AvgIpc) is 3.22. The summed E-state index contributed by atoms with van der Waals surface area (Å²) >= 11 is 1.33. The highest BCUT2D eigenvalue weighted by Crippen LogP contribution is 2.18. The number of hydrogen-bond donors (Lipinski definition) is 0. The molecule has 3 aromatic rings. The van der Waals surface area contributed by atoms with Gasteiger partial charge in [0.2, 0.25) is 0 Å². The number of allylic oxidation sites excluding steroid dienone is 1. The predicted molar refractivity (Wildman–Crippen MR) is 102 cm³/mol. The minimum Gasteiger partial charge on any atom is -0.497 e. The zero-order valence-electron chi connectivity index (χ0n) is 14.0. The van der Waals surface area contributed by atoms with Crippen LogP contribution in [0.4, 0.5) is 0 Å². The van der Waals surface area contributed by atoms with Crippen molar-refractivity contribution in [2.75, 3.05) is 7.11 Å². The molecule has 2 aromatic carbocycles. The Balaban J connectivity index is 1.62. The first-order valence-electron chi connectivity index (χ1n) is 7.88. The van der Waals surface area contributed by atoms with Crippen LogP contribution in [0.1, 0.15) is 25.6 Å². The Morgan fingerprint density at radius 3 is 2.23 bits per heavy atom. The Kier molecular flexibility index (Phi) is 5.61. The normalized spacial score (nSPS) is 10.7. The molecule has 4 nitrogen and oxygen atoms in total. The van der Waals surface area contributed by atoms with E-state index in [1.54, 1.807) is 73.8 Å². The predicted octanol–water partition coefficient (Wildman–Crippen LogP) is 4.87. The smallest absolute Gasteiger partial charge is 0.353 e. The molecule has 0 unspecified atom stereocenters. The SMILES string of the molecule is COc1ccc(C(=O)/C=C/c2ccc(OC(=O)c3cccs3)cc2)cc1. The van der Waals surface area contributed by atoms with Crippen LogP contribution in [0.25, 0.3) is 6.08 Å². The number of methoxy groups -OCH3 is 1. The van der Waals surface area contributed by atoms with E-state index in [-0.39, 0.29) is 11.8 Å². The first-order chi connectivity index (χ1) is 12.7. The first-order valence-corrected chi connectivity index (χ1v) is 8.76. The van der Waals surface area contributed by atoms with E-state index in [2.05, 4.69) is 0 Å². The number of ketones is 1. The number of thiophene rings is 1. The molecule has 130 valence electrons. The van der Waals surface area contributed by atoms with Gasteiger partial charge in [0.15, 0.2) is 5.78 Å². The van der Waals surface area contributed by atoms with Crippen molar-refractivity contribution in [3.63, 3.8) is 0 Å². The number of carbonyl (C=O) groups excluding carboxylic acids is 2. The fourth-order valence-electron chi connectivity index (χ4n) is 2.22. The van der Waals surface area contributed by atoms with Gasteiger partial charge in [0, 0.05) is 5.56 Å². The summed E-state index contributed by atoms with van der Waals surface area (Å²) < 4.78 is 10.4. The van der Waals surface area contributed by atoms with Crippen LogP contribution < -0.4 is 9.47 Å². The molecule has 0 saturated carbocycles. The molecule has 3 rings (SSSR count). The van der Waals surface area contributed by atoms with Gasteiger partial charge in [-0.05, 0) is 59.5 Å². The van der Waals surface area contributed by atoms with Crippen molar-refractivity contribution < 1.29 is 19.1 Å². The third kappa shape index (κ3) is 4.46.